The summed E-state index contributed by atoms with van der Waals surface area (Å²) in [6.45, 7) is 9.19. The smallest absolute Gasteiger partial charge is 0.308 e. The van der Waals surface area contributed by atoms with E-state index in [2.05, 4.69) is 10.2 Å². The first kappa shape index (κ1) is 20.6. The van der Waals surface area contributed by atoms with E-state index >= 15 is 0 Å². The third kappa shape index (κ3) is 4.34. The van der Waals surface area contributed by atoms with Crippen LogP contribution in [0.4, 0.5) is 11.4 Å². The number of hydrogen-bond acceptors (Lipinski definition) is 5. The first-order valence-electron chi connectivity index (χ1n) is 8.94. The molecule has 0 fully saturated rings. The predicted molar refractivity (Wildman–Crippen MR) is 107 cm³/mol. The molecule has 0 aliphatic carbocycles. The Morgan fingerprint density at radius 1 is 1.31 bits per heavy atom. The number of halogens is 1. The van der Waals surface area contributed by atoms with Crippen LogP contribution in [-0.4, -0.2) is 31.7 Å². The molecule has 2 atom stereocenters. The number of benzene rings is 2. The van der Waals surface area contributed by atoms with Crippen molar-refractivity contribution in [3.05, 3.63) is 64.0 Å². The summed E-state index contributed by atoms with van der Waals surface area (Å²) in [4.78, 5) is 28.1. The first-order chi connectivity index (χ1) is 14.0. The van der Waals surface area contributed by atoms with Crippen LogP contribution >= 0.6 is 11.6 Å². The lowest BCUT2D eigenvalue weighted by Gasteiger charge is -2.23. The second-order valence-corrected chi connectivity index (χ2v) is 6.63. The lowest BCUT2D eigenvalue weighted by molar-refractivity contribution is -0.150. The number of nitrogens with zero attached hydrogens (tertiary/aromatic N) is 1. The van der Waals surface area contributed by atoms with Gasteiger partial charge in [-0.2, -0.15) is 0 Å². The average molecular weight is 415 g/mol. The Morgan fingerprint density at radius 2 is 2.10 bits per heavy atom. The SMILES string of the molecule is [C-]#[N+]c1ccc2c(c1)[C@@H](c1cccc(OC)c1Cl)O[C@H](CC(=O)OCC)C(=O)N2. The molecule has 0 radical (unpaired) electrons. The largest absolute Gasteiger partial charge is 0.495 e. The fourth-order valence-corrected chi connectivity index (χ4v) is 3.41. The quantitative estimate of drug-likeness (QED) is 0.583. The predicted octanol–water partition coefficient (Wildman–Crippen LogP) is 4.28. The highest BCUT2D eigenvalue weighted by atomic mass is 35.5. The van der Waals surface area contributed by atoms with Crippen molar-refractivity contribution in [2.24, 2.45) is 0 Å². The summed E-state index contributed by atoms with van der Waals surface area (Å²) in [6.07, 6.45) is -2.14. The highest BCUT2D eigenvalue weighted by molar-refractivity contribution is 6.33. The van der Waals surface area contributed by atoms with Gasteiger partial charge in [0.1, 0.15) is 18.0 Å². The highest BCUT2D eigenvalue weighted by Gasteiger charge is 2.34. The van der Waals surface area contributed by atoms with E-state index in [9.17, 15) is 9.59 Å². The van der Waals surface area contributed by atoms with Crippen molar-refractivity contribution in [1.29, 1.82) is 0 Å². The number of nitrogens with one attached hydrogen (secondary N) is 1. The molecule has 1 heterocycles. The van der Waals surface area contributed by atoms with Crippen LogP contribution in [0.3, 0.4) is 0 Å². The molecule has 0 saturated carbocycles. The van der Waals surface area contributed by atoms with Crippen molar-refractivity contribution in [2.45, 2.75) is 25.6 Å². The Morgan fingerprint density at radius 3 is 2.79 bits per heavy atom. The van der Waals surface area contributed by atoms with Crippen molar-refractivity contribution < 1.29 is 23.8 Å². The molecular formula is C21H19ClN2O5. The molecule has 0 bridgehead atoms. The molecule has 2 aromatic carbocycles. The van der Waals surface area contributed by atoms with Crippen LogP contribution in [-0.2, 0) is 19.1 Å². The normalized spacial score (nSPS) is 18.1. The van der Waals surface area contributed by atoms with Crippen LogP contribution in [0.1, 0.15) is 30.6 Å². The summed E-state index contributed by atoms with van der Waals surface area (Å²) in [5.41, 5.74) is 1.99. The second kappa shape index (κ2) is 8.95. The second-order valence-electron chi connectivity index (χ2n) is 6.25. The number of amides is 1. The molecular weight excluding hydrogens is 396 g/mol. The number of carbonyl (C=O) groups excluding carboxylic acids is 2. The molecule has 1 aliphatic rings. The number of ether oxygens (including phenoxy) is 3. The maximum Gasteiger partial charge on any atom is 0.308 e. The van der Waals surface area contributed by atoms with Crippen LogP contribution in [0, 0.1) is 6.57 Å². The minimum atomic E-state index is -1.09. The molecule has 0 spiro atoms. The fraction of sp³-hybridized carbons (Fsp3) is 0.286. The van der Waals surface area contributed by atoms with Gasteiger partial charge >= 0.3 is 5.97 Å². The first-order valence-corrected chi connectivity index (χ1v) is 9.32. The molecule has 8 heteroatoms. The van der Waals surface area contributed by atoms with Gasteiger partial charge in [-0.3, -0.25) is 9.59 Å². The van der Waals surface area contributed by atoms with E-state index in [1.807, 2.05) is 0 Å². The van der Waals surface area contributed by atoms with E-state index in [1.54, 1.807) is 43.3 Å². The standard InChI is InChI=1S/C21H19ClN2O5/c1-4-28-18(25)11-17-21(26)24-15-9-8-12(23-2)10-14(15)20(29-17)13-6-5-7-16(27-3)19(13)22/h5-10,17,20H,4,11H2,1,3H3,(H,24,26)/t17-,20-/m1/s1. The van der Waals surface area contributed by atoms with Gasteiger partial charge in [-0.15, -0.1) is 0 Å². The number of methoxy groups -OCH3 is 1. The van der Waals surface area contributed by atoms with Crippen molar-refractivity contribution >= 4 is 34.9 Å². The minimum Gasteiger partial charge on any atom is -0.495 e. The van der Waals surface area contributed by atoms with Gasteiger partial charge in [0.2, 0.25) is 0 Å². The molecule has 0 unspecified atom stereocenters. The van der Waals surface area contributed by atoms with Crippen LogP contribution < -0.4 is 10.1 Å². The summed E-state index contributed by atoms with van der Waals surface area (Å²) >= 11 is 6.51. The Labute approximate surface area is 173 Å². The van der Waals surface area contributed by atoms with Crippen LogP contribution in [0.25, 0.3) is 4.85 Å². The topological polar surface area (TPSA) is 78.2 Å². The Balaban J connectivity index is 2.11. The third-order valence-electron chi connectivity index (χ3n) is 4.45. The summed E-state index contributed by atoms with van der Waals surface area (Å²) in [6, 6.07) is 10.1. The molecule has 1 amide bonds. The molecule has 1 aliphatic heterocycles. The van der Waals surface area contributed by atoms with Gasteiger partial charge in [-0.1, -0.05) is 29.8 Å². The molecule has 7 nitrogen and oxygen atoms in total. The van der Waals surface area contributed by atoms with E-state index in [1.165, 1.54) is 7.11 Å². The van der Waals surface area contributed by atoms with Crippen molar-refractivity contribution in [2.75, 3.05) is 19.0 Å². The molecule has 0 aromatic heterocycles. The van der Waals surface area contributed by atoms with Gasteiger partial charge in [0.05, 0.1) is 31.7 Å². The summed E-state index contributed by atoms with van der Waals surface area (Å²) in [7, 11) is 1.50. The summed E-state index contributed by atoms with van der Waals surface area (Å²) < 4.78 is 16.3. The lowest BCUT2D eigenvalue weighted by atomic mass is 9.98. The van der Waals surface area contributed by atoms with Crippen LogP contribution in [0.15, 0.2) is 36.4 Å². The Hall–Kier alpha value is -3.08. The van der Waals surface area contributed by atoms with E-state index in [0.717, 1.165) is 0 Å². The van der Waals surface area contributed by atoms with Gasteiger partial charge in [-0.25, -0.2) is 4.85 Å². The highest BCUT2D eigenvalue weighted by Crippen LogP contribution is 2.42. The number of fused-ring (bicyclic) bond motifs is 1. The number of hydrogen-bond donors (Lipinski definition) is 1. The Bertz CT molecular complexity index is 986. The number of rotatable bonds is 5. The van der Waals surface area contributed by atoms with Crippen molar-refractivity contribution in [3.8, 4) is 5.75 Å². The zero-order valence-corrected chi connectivity index (χ0v) is 16.7. The van der Waals surface area contributed by atoms with Gasteiger partial charge in [-0.05, 0) is 30.7 Å². The van der Waals surface area contributed by atoms with Crippen LogP contribution in [0.5, 0.6) is 5.75 Å². The van der Waals surface area contributed by atoms with E-state index in [-0.39, 0.29) is 13.0 Å². The molecule has 0 saturated heterocycles. The summed E-state index contributed by atoms with van der Waals surface area (Å²) in [5, 5.41) is 3.09. The Kier molecular flexibility index (Phi) is 6.37. The molecule has 2 aromatic rings. The molecule has 150 valence electrons. The van der Waals surface area contributed by atoms with E-state index in [4.69, 9.17) is 32.4 Å². The fourth-order valence-electron chi connectivity index (χ4n) is 3.10. The van der Waals surface area contributed by atoms with Gasteiger partial charge in [0, 0.05) is 11.3 Å². The molecule has 29 heavy (non-hydrogen) atoms. The van der Waals surface area contributed by atoms with Crippen molar-refractivity contribution in [1.82, 2.24) is 0 Å². The lowest BCUT2D eigenvalue weighted by Crippen LogP contribution is -2.32. The molecule has 1 N–H and O–H groups in total. The maximum atomic E-state index is 12.7. The van der Waals surface area contributed by atoms with Gasteiger partial charge in [0.25, 0.3) is 5.91 Å². The monoisotopic (exact) mass is 414 g/mol. The van der Waals surface area contributed by atoms with E-state index < -0.39 is 24.1 Å². The number of anilines is 1. The average Bonchev–Trinajstić information content (AvgIpc) is 2.84. The van der Waals surface area contributed by atoms with E-state index in [0.29, 0.717) is 33.3 Å². The summed E-state index contributed by atoms with van der Waals surface area (Å²) in [5.74, 6) is -0.576. The third-order valence-corrected chi connectivity index (χ3v) is 4.85. The zero-order valence-electron chi connectivity index (χ0n) is 15.9. The van der Waals surface area contributed by atoms with Gasteiger partial charge < -0.3 is 19.5 Å². The van der Waals surface area contributed by atoms with Crippen molar-refractivity contribution in [3.63, 3.8) is 0 Å². The van der Waals surface area contributed by atoms with Crippen LogP contribution in [0.2, 0.25) is 5.02 Å². The number of carbonyl (C=O) groups is 2. The minimum absolute atomic E-state index is 0.201. The van der Waals surface area contributed by atoms with Gasteiger partial charge in [0.15, 0.2) is 5.69 Å². The maximum absolute atomic E-state index is 12.7. The number of esters is 1. The zero-order chi connectivity index (χ0) is 21.0. The molecule has 3 rings (SSSR count).